The summed E-state index contributed by atoms with van der Waals surface area (Å²) in [6, 6.07) is 11.5. The quantitative estimate of drug-likeness (QED) is 0.729. The van der Waals surface area contributed by atoms with Gasteiger partial charge in [-0.1, -0.05) is 12.1 Å². The topological polar surface area (TPSA) is 76.8 Å². The fraction of sp³-hybridized carbons (Fsp3) is 0.235. The molecule has 2 aromatic heterocycles. The summed E-state index contributed by atoms with van der Waals surface area (Å²) in [5.74, 6) is 0. The molecule has 7 nitrogen and oxygen atoms in total. The van der Waals surface area contributed by atoms with E-state index in [0.29, 0.717) is 6.54 Å². The highest BCUT2D eigenvalue weighted by Gasteiger charge is 2.10. The van der Waals surface area contributed by atoms with Crippen molar-refractivity contribution in [3.05, 3.63) is 67.0 Å². The molecule has 0 aliphatic heterocycles. The van der Waals surface area contributed by atoms with Crippen LogP contribution in [0.2, 0.25) is 0 Å². The third-order valence-electron chi connectivity index (χ3n) is 3.72. The Morgan fingerprint density at radius 2 is 2.08 bits per heavy atom. The number of carbonyl (C=O) groups excluding carboxylic acids is 1. The molecule has 24 heavy (non-hydrogen) atoms. The number of nitrogens with zero attached hydrogens (tertiary/aromatic N) is 4. The van der Waals surface area contributed by atoms with Crippen molar-refractivity contribution in [2.45, 2.75) is 19.5 Å². The third kappa shape index (κ3) is 4.01. The van der Waals surface area contributed by atoms with E-state index in [1.807, 2.05) is 60.3 Å². The van der Waals surface area contributed by atoms with Crippen LogP contribution in [0.1, 0.15) is 18.5 Å². The Morgan fingerprint density at radius 1 is 1.25 bits per heavy atom. The average molecular weight is 324 g/mol. The van der Waals surface area contributed by atoms with E-state index in [4.69, 9.17) is 0 Å². The Bertz CT molecular complexity index is 766. The van der Waals surface area contributed by atoms with Gasteiger partial charge in [0.05, 0.1) is 11.7 Å². The first-order chi connectivity index (χ1) is 11.7. The largest absolute Gasteiger partial charge is 0.353 e. The lowest BCUT2D eigenvalue weighted by Gasteiger charge is -2.16. The number of aromatic nitrogens is 4. The Hall–Kier alpha value is -3.09. The van der Waals surface area contributed by atoms with E-state index in [2.05, 4.69) is 20.7 Å². The molecule has 0 saturated carbocycles. The molecule has 2 amide bonds. The highest BCUT2D eigenvalue weighted by molar-refractivity contribution is 5.74. The minimum atomic E-state index is -0.180. The molecule has 0 radical (unpaired) electrons. The zero-order chi connectivity index (χ0) is 16.8. The van der Waals surface area contributed by atoms with Crippen molar-refractivity contribution in [3.8, 4) is 5.69 Å². The van der Waals surface area contributed by atoms with Crippen molar-refractivity contribution >= 4 is 6.03 Å². The Morgan fingerprint density at radius 3 is 2.83 bits per heavy atom. The number of urea groups is 1. The maximum Gasteiger partial charge on any atom is 0.315 e. The van der Waals surface area contributed by atoms with E-state index in [0.717, 1.165) is 17.8 Å². The highest BCUT2D eigenvalue weighted by atomic mass is 16.2. The lowest BCUT2D eigenvalue weighted by Crippen LogP contribution is -2.38. The van der Waals surface area contributed by atoms with Gasteiger partial charge in [0, 0.05) is 25.5 Å². The predicted octanol–water partition coefficient (Wildman–Crippen LogP) is 2.13. The van der Waals surface area contributed by atoms with E-state index in [1.54, 1.807) is 11.0 Å². The summed E-state index contributed by atoms with van der Waals surface area (Å²) in [5, 5.41) is 9.93. The molecule has 1 aromatic carbocycles. The Kier molecular flexibility index (Phi) is 4.90. The molecular formula is C17H20N6O. The molecule has 3 rings (SSSR count). The van der Waals surface area contributed by atoms with Crippen LogP contribution in [0.25, 0.3) is 5.69 Å². The summed E-state index contributed by atoms with van der Waals surface area (Å²) in [6.45, 7) is 3.27. The fourth-order valence-electron chi connectivity index (χ4n) is 2.43. The van der Waals surface area contributed by atoms with Crippen molar-refractivity contribution in [2.75, 3.05) is 6.54 Å². The van der Waals surface area contributed by atoms with Gasteiger partial charge in [-0.25, -0.2) is 14.5 Å². The van der Waals surface area contributed by atoms with Gasteiger partial charge in [0.15, 0.2) is 0 Å². The third-order valence-corrected chi connectivity index (χ3v) is 3.72. The molecule has 3 aromatic rings. The predicted molar refractivity (Wildman–Crippen MR) is 90.7 cm³/mol. The minimum Gasteiger partial charge on any atom is -0.353 e. The fourth-order valence-corrected chi connectivity index (χ4v) is 2.43. The van der Waals surface area contributed by atoms with Crippen molar-refractivity contribution in [2.24, 2.45) is 0 Å². The van der Waals surface area contributed by atoms with Crippen molar-refractivity contribution in [3.63, 3.8) is 0 Å². The molecule has 2 heterocycles. The van der Waals surface area contributed by atoms with Crippen LogP contribution in [0.5, 0.6) is 0 Å². The van der Waals surface area contributed by atoms with Gasteiger partial charge in [-0.05, 0) is 36.8 Å². The van der Waals surface area contributed by atoms with Gasteiger partial charge in [0.25, 0.3) is 0 Å². The van der Waals surface area contributed by atoms with E-state index in [1.165, 1.54) is 6.33 Å². The van der Waals surface area contributed by atoms with Crippen LogP contribution in [0.4, 0.5) is 4.79 Å². The first-order valence-corrected chi connectivity index (χ1v) is 7.82. The number of nitrogens with one attached hydrogen (secondary N) is 2. The normalized spacial score (nSPS) is 11.9. The van der Waals surface area contributed by atoms with Crippen LogP contribution < -0.4 is 10.6 Å². The SMILES string of the molecule is C[C@@H](NC(=O)NCCn1cccc1)c1cccc(-n2cncn2)c1. The standard InChI is InChI=1S/C17H20N6O/c1-14(21-17(24)19-7-10-22-8-2-3-9-22)15-5-4-6-16(11-15)23-13-18-12-20-23/h2-6,8-9,11-14H,7,10H2,1H3,(H2,19,21,24)/t14-/m1/s1. The van der Waals surface area contributed by atoms with E-state index in [-0.39, 0.29) is 12.1 Å². The molecule has 0 aliphatic carbocycles. The van der Waals surface area contributed by atoms with Gasteiger partial charge in [0.1, 0.15) is 12.7 Å². The van der Waals surface area contributed by atoms with Gasteiger partial charge < -0.3 is 15.2 Å². The lowest BCUT2D eigenvalue weighted by molar-refractivity contribution is 0.237. The van der Waals surface area contributed by atoms with Crippen LogP contribution >= 0.6 is 0 Å². The number of hydrogen-bond acceptors (Lipinski definition) is 3. The second-order valence-corrected chi connectivity index (χ2v) is 5.48. The molecule has 124 valence electrons. The number of carbonyl (C=O) groups is 1. The van der Waals surface area contributed by atoms with Crippen LogP contribution in [-0.4, -0.2) is 31.9 Å². The van der Waals surface area contributed by atoms with Gasteiger partial charge in [-0.15, -0.1) is 0 Å². The van der Waals surface area contributed by atoms with Crippen LogP contribution in [0.3, 0.4) is 0 Å². The molecular weight excluding hydrogens is 304 g/mol. The first kappa shape index (κ1) is 15.8. The van der Waals surface area contributed by atoms with Gasteiger partial charge in [-0.3, -0.25) is 0 Å². The maximum absolute atomic E-state index is 12.0. The molecule has 0 unspecified atom stereocenters. The van der Waals surface area contributed by atoms with E-state index < -0.39 is 0 Å². The summed E-state index contributed by atoms with van der Waals surface area (Å²) >= 11 is 0. The van der Waals surface area contributed by atoms with Crippen molar-refractivity contribution in [1.82, 2.24) is 30.0 Å². The monoisotopic (exact) mass is 324 g/mol. The minimum absolute atomic E-state index is 0.111. The smallest absolute Gasteiger partial charge is 0.315 e. The van der Waals surface area contributed by atoms with Gasteiger partial charge >= 0.3 is 6.03 Å². The Labute approximate surface area is 140 Å². The maximum atomic E-state index is 12.0. The first-order valence-electron chi connectivity index (χ1n) is 7.82. The number of hydrogen-bond donors (Lipinski definition) is 2. The molecule has 1 atom stereocenters. The van der Waals surface area contributed by atoms with Crippen molar-refractivity contribution in [1.29, 1.82) is 0 Å². The summed E-state index contributed by atoms with van der Waals surface area (Å²) in [4.78, 5) is 16.0. The molecule has 0 bridgehead atoms. The Balaban J connectivity index is 1.53. The lowest BCUT2D eigenvalue weighted by atomic mass is 10.1. The molecule has 0 spiro atoms. The second-order valence-electron chi connectivity index (χ2n) is 5.48. The summed E-state index contributed by atoms with van der Waals surface area (Å²) < 4.78 is 3.71. The van der Waals surface area contributed by atoms with Gasteiger partial charge in [-0.2, -0.15) is 5.10 Å². The molecule has 0 aliphatic rings. The number of amides is 2. The molecule has 0 fully saturated rings. The summed E-state index contributed by atoms with van der Waals surface area (Å²) in [5.41, 5.74) is 1.91. The zero-order valence-electron chi connectivity index (χ0n) is 13.5. The van der Waals surface area contributed by atoms with Crippen molar-refractivity contribution < 1.29 is 4.79 Å². The average Bonchev–Trinajstić information content (AvgIpc) is 3.29. The van der Waals surface area contributed by atoms with Crippen LogP contribution in [-0.2, 0) is 6.54 Å². The summed E-state index contributed by atoms with van der Waals surface area (Å²) in [7, 11) is 0. The number of benzene rings is 1. The molecule has 0 saturated heterocycles. The summed E-state index contributed by atoms with van der Waals surface area (Å²) in [6.07, 6.45) is 7.08. The number of rotatable bonds is 6. The van der Waals surface area contributed by atoms with Gasteiger partial charge in [0.2, 0.25) is 0 Å². The van der Waals surface area contributed by atoms with E-state index in [9.17, 15) is 4.79 Å². The van der Waals surface area contributed by atoms with Crippen LogP contribution in [0, 0.1) is 0 Å². The second kappa shape index (κ2) is 7.45. The van der Waals surface area contributed by atoms with E-state index >= 15 is 0 Å². The molecule has 7 heteroatoms. The highest BCUT2D eigenvalue weighted by Crippen LogP contribution is 2.16. The van der Waals surface area contributed by atoms with Crippen LogP contribution in [0.15, 0.2) is 61.4 Å². The molecule has 2 N–H and O–H groups in total. The zero-order valence-corrected chi connectivity index (χ0v) is 13.5.